The number of carbonyl (C=O) groups excluding carboxylic acids is 1. The maximum absolute atomic E-state index is 13.0. The summed E-state index contributed by atoms with van der Waals surface area (Å²) in [5, 5.41) is 8.98. The van der Waals surface area contributed by atoms with E-state index < -0.39 is 5.97 Å². The number of hydrogen-bond donors (Lipinski definition) is 1. The molecule has 36 heavy (non-hydrogen) atoms. The molecule has 5 aromatic rings. The van der Waals surface area contributed by atoms with E-state index in [9.17, 15) is 9.59 Å². The molecule has 178 valence electrons. The summed E-state index contributed by atoms with van der Waals surface area (Å²) in [6.07, 6.45) is 1.36. The number of carbonyl (C=O) groups is 1. The molecule has 3 heterocycles. The summed E-state index contributed by atoms with van der Waals surface area (Å²) in [4.78, 5) is 30.2. The average molecular weight is 496 g/mol. The highest BCUT2D eigenvalue weighted by Crippen LogP contribution is 2.34. The summed E-state index contributed by atoms with van der Waals surface area (Å²) >= 11 is 1.32. The second-order valence-corrected chi connectivity index (χ2v) is 9.61. The van der Waals surface area contributed by atoms with E-state index >= 15 is 0 Å². The second-order valence-electron chi connectivity index (χ2n) is 8.61. The Morgan fingerprint density at radius 2 is 1.94 bits per heavy atom. The van der Waals surface area contributed by atoms with E-state index in [2.05, 4.69) is 21.2 Å². The van der Waals surface area contributed by atoms with Gasteiger partial charge in [-0.3, -0.25) is 4.79 Å². The molecule has 0 unspecified atom stereocenters. The highest BCUT2D eigenvalue weighted by molar-refractivity contribution is 7.17. The van der Waals surface area contributed by atoms with Gasteiger partial charge in [0.25, 0.3) is 5.56 Å². The third-order valence-corrected chi connectivity index (χ3v) is 7.36. The highest BCUT2D eigenvalue weighted by Gasteiger charge is 2.20. The number of fused-ring (bicyclic) bond motifs is 2. The molecule has 0 atom stereocenters. The number of aryl methyl sites for hydroxylation is 1. The molecule has 2 aromatic heterocycles. The van der Waals surface area contributed by atoms with Gasteiger partial charge in [-0.05, 0) is 54.4 Å². The fourth-order valence-electron chi connectivity index (χ4n) is 4.40. The van der Waals surface area contributed by atoms with E-state index in [0.29, 0.717) is 34.7 Å². The van der Waals surface area contributed by atoms with E-state index in [0.717, 1.165) is 44.9 Å². The fraction of sp³-hybridized carbons (Fsp3) is 0.143. The van der Waals surface area contributed by atoms with Crippen molar-refractivity contribution in [2.24, 2.45) is 0 Å². The molecular formula is C28H21N3O4S. The van der Waals surface area contributed by atoms with Gasteiger partial charge in [-0.1, -0.05) is 30.3 Å². The first-order valence-corrected chi connectivity index (χ1v) is 12.4. The Morgan fingerprint density at radius 3 is 2.83 bits per heavy atom. The zero-order chi connectivity index (χ0) is 24.6. The predicted octanol–water partition coefficient (Wildman–Crippen LogP) is 5.10. The first-order chi connectivity index (χ1) is 17.5. The van der Waals surface area contributed by atoms with Crippen LogP contribution in [0.5, 0.6) is 11.5 Å². The molecule has 0 spiro atoms. The molecule has 7 nitrogen and oxygen atoms in total. The second kappa shape index (κ2) is 9.05. The summed E-state index contributed by atoms with van der Waals surface area (Å²) in [6.45, 7) is 2.51. The van der Waals surface area contributed by atoms with Crippen molar-refractivity contribution in [1.29, 1.82) is 0 Å². The van der Waals surface area contributed by atoms with Crippen LogP contribution >= 0.6 is 11.3 Å². The van der Waals surface area contributed by atoms with Crippen molar-refractivity contribution in [2.45, 2.75) is 19.8 Å². The van der Waals surface area contributed by atoms with Gasteiger partial charge in [0.05, 0.1) is 23.4 Å². The Bertz CT molecular complexity index is 1690. The van der Waals surface area contributed by atoms with Crippen molar-refractivity contribution >= 4 is 28.1 Å². The molecule has 8 heteroatoms. The number of rotatable bonds is 5. The Hall–Kier alpha value is -4.30. The molecule has 3 aromatic carbocycles. The average Bonchev–Trinajstić information content (AvgIpc) is 3.52. The van der Waals surface area contributed by atoms with Crippen LogP contribution in [-0.4, -0.2) is 27.8 Å². The molecule has 0 amide bonds. The molecule has 0 radical (unpaired) electrons. The van der Waals surface area contributed by atoms with Gasteiger partial charge < -0.3 is 9.47 Å². The summed E-state index contributed by atoms with van der Waals surface area (Å²) in [7, 11) is 0. The van der Waals surface area contributed by atoms with Crippen LogP contribution in [0, 0.1) is 6.92 Å². The molecule has 0 fully saturated rings. The number of esters is 1. The van der Waals surface area contributed by atoms with Crippen molar-refractivity contribution in [1.82, 2.24) is 15.2 Å². The normalized spacial score (nSPS) is 12.4. The molecule has 1 aliphatic rings. The molecule has 0 saturated heterocycles. The van der Waals surface area contributed by atoms with Gasteiger partial charge in [-0.15, -0.1) is 11.3 Å². The Labute approximate surface area is 210 Å². The Morgan fingerprint density at radius 1 is 1.08 bits per heavy atom. The maximum Gasteiger partial charge on any atom is 0.355 e. The van der Waals surface area contributed by atoms with E-state index in [1.54, 1.807) is 12.1 Å². The number of ether oxygens (including phenoxy) is 2. The summed E-state index contributed by atoms with van der Waals surface area (Å²) in [5.41, 5.74) is 4.20. The molecular weight excluding hydrogens is 474 g/mol. The van der Waals surface area contributed by atoms with Gasteiger partial charge in [-0.2, -0.15) is 5.10 Å². The summed E-state index contributed by atoms with van der Waals surface area (Å²) in [6, 6.07) is 20.7. The first-order valence-electron chi connectivity index (χ1n) is 11.6. The Balaban J connectivity index is 1.22. The van der Waals surface area contributed by atoms with Gasteiger partial charge in [0.15, 0.2) is 0 Å². The zero-order valence-electron chi connectivity index (χ0n) is 19.4. The van der Waals surface area contributed by atoms with Gasteiger partial charge in [0.1, 0.15) is 21.4 Å². The molecule has 0 aliphatic carbocycles. The monoisotopic (exact) mass is 495 g/mol. The van der Waals surface area contributed by atoms with Crippen molar-refractivity contribution in [3.05, 3.63) is 104 Å². The number of aromatic nitrogens is 3. The van der Waals surface area contributed by atoms with Crippen LogP contribution in [0.4, 0.5) is 0 Å². The van der Waals surface area contributed by atoms with Gasteiger partial charge >= 0.3 is 5.97 Å². The standard InChI is InChI=1S/C28H21N3O4S/c1-16-25(36-27(29-16)19-9-10-24-18(15-19)11-12-34-24)28(33)35-20-6-4-5-17(13-20)14-23-21-7-2-3-8-22(21)26(32)31-30-23/h2-10,13,15H,11-12,14H2,1H3,(H,31,32). The number of nitrogens with one attached hydrogen (secondary N) is 1. The highest BCUT2D eigenvalue weighted by atomic mass is 32.1. The lowest BCUT2D eigenvalue weighted by Gasteiger charge is -2.08. The minimum atomic E-state index is -0.439. The van der Waals surface area contributed by atoms with Crippen LogP contribution in [0.1, 0.15) is 32.2 Å². The van der Waals surface area contributed by atoms with Gasteiger partial charge in [-0.25, -0.2) is 14.9 Å². The Kier molecular flexibility index (Phi) is 5.58. The van der Waals surface area contributed by atoms with Crippen LogP contribution < -0.4 is 15.0 Å². The summed E-state index contributed by atoms with van der Waals surface area (Å²) in [5.74, 6) is 0.914. The fourth-order valence-corrected chi connectivity index (χ4v) is 5.34. The van der Waals surface area contributed by atoms with Crippen molar-refractivity contribution in [2.75, 3.05) is 6.61 Å². The van der Waals surface area contributed by atoms with Crippen LogP contribution in [0.3, 0.4) is 0 Å². The number of benzene rings is 3. The van der Waals surface area contributed by atoms with Crippen LogP contribution in [0.2, 0.25) is 0 Å². The largest absolute Gasteiger partial charge is 0.493 e. The number of aromatic amines is 1. The van der Waals surface area contributed by atoms with Crippen LogP contribution in [0.15, 0.2) is 71.5 Å². The zero-order valence-corrected chi connectivity index (χ0v) is 20.2. The molecule has 6 rings (SSSR count). The number of nitrogens with zero attached hydrogens (tertiary/aromatic N) is 2. The molecule has 0 bridgehead atoms. The lowest BCUT2D eigenvalue weighted by molar-refractivity contribution is 0.0739. The van der Waals surface area contributed by atoms with Crippen molar-refractivity contribution < 1.29 is 14.3 Å². The molecule has 1 aliphatic heterocycles. The maximum atomic E-state index is 13.0. The smallest absolute Gasteiger partial charge is 0.355 e. The lowest BCUT2D eigenvalue weighted by atomic mass is 10.0. The first kappa shape index (κ1) is 22.2. The van der Waals surface area contributed by atoms with Gasteiger partial charge in [0, 0.05) is 23.8 Å². The van der Waals surface area contributed by atoms with Crippen LogP contribution in [-0.2, 0) is 12.8 Å². The third-order valence-electron chi connectivity index (χ3n) is 6.17. The molecule has 0 saturated carbocycles. The van der Waals surface area contributed by atoms with Crippen molar-refractivity contribution in [3.63, 3.8) is 0 Å². The van der Waals surface area contributed by atoms with E-state index in [1.165, 1.54) is 11.3 Å². The third kappa shape index (κ3) is 4.16. The predicted molar refractivity (Wildman–Crippen MR) is 138 cm³/mol. The SMILES string of the molecule is Cc1nc(-c2ccc3c(c2)CCO3)sc1C(=O)Oc1cccc(Cc2n[nH]c(=O)c3ccccc23)c1. The minimum absolute atomic E-state index is 0.218. The molecule has 1 N–H and O–H groups in total. The van der Waals surface area contributed by atoms with Crippen LogP contribution in [0.25, 0.3) is 21.3 Å². The topological polar surface area (TPSA) is 94.2 Å². The lowest BCUT2D eigenvalue weighted by Crippen LogP contribution is -2.11. The van der Waals surface area contributed by atoms with E-state index in [-0.39, 0.29) is 5.56 Å². The quantitative estimate of drug-likeness (QED) is 0.269. The van der Waals surface area contributed by atoms with E-state index in [1.807, 2.05) is 55.5 Å². The number of hydrogen-bond acceptors (Lipinski definition) is 7. The van der Waals surface area contributed by atoms with Gasteiger partial charge in [0.2, 0.25) is 0 Å². The van der Waals surface area contributed by atoms with Crippen molar-refractivity contribution in [3.8, 4) is 22.1 Å². The van der Waals surface area contributed by atoms with E-state index in [4.69, 9.17) is 9.47 Å². The summed E-state index contributed by atoms with van der Waals surface area (Å²) < 4.78 is 11.3. The minimum Gasteiger partial charge on any atom is -0.493 e. The number of H-pyrrole nitrogens is 1. The number of thiazole rings is 1.